The molecule has 4 nitrogen and oxygen atoms in total. The first-order valence-corrected chi connectivity index (χ1v) is 8.07. The normalized spacial score (nSPS) is 10.7. The van der Waals surface area contributed by atoms with Gasteiger partial charge in [-0.2, -0.15) is 5.10 Å². The lowest BCUT2D eigenvalue weighted by Crippen LogP contribution is -2.04. The van der Waals surface area contributed by atoms with E-state index in [9.17, 15) is 4.79 Å². The molecule has 0 spiro atoms. The number of nitrogens with zero attached hydrogens (tertiary/aromatic N) is 2. The van der Waals surface area contributed by atoms with Crippen LogP contribution in [0, 0.1) is 6.92 Å². The summed E-state index contributed by atoms with van der Waals surface area (Å²) < 4.78 is 10.00. The van der Waals surface area contributed by atoms with Gasteiger partial charge in [-0.15, -0.1) is 0 Å². The van der Waals surface area contributed by atoms with Gasteiger partial charge in [-0.1, -0.05) is 0 Å². The Morgan fingerprint density at radius 2 is 1.90 bits per heavy atom. The topological polar surface area (TPSA) is 44.1 Å². The summed E-state index contributed by atoms with van der Waals surface area (Å²) in [6.07, 6.45) is 0.792. The molecule has 0 saturated carbocycles. The molecule has 0 aliphatic heterocycles. The predicted molar refractivity (Wildman–Crippen MR) is 87.2 cm³/mol. The number of ether oxygens (including phenoxy) is 1. The van der Waals surface area contributed by atoms with Crippen molar-refractivity contribution in [3.8, 4) is 5.75 Å². The average Bonchev–Trinajstić information content (AvgIpc) is 2.63. The zero-order valence-corrected chi connectivity index (χ0v) is 15.5. The lowest BCUT2D eigenvalue weighted by atomic mass is 10.2. The zero-order valence-electron chi connectivity index (χ0n) is 10.8. The van der Waals surface area contributed by atoms with Crippen molar-refractivity contribution in [2.45, 2.75) is 13.5 Å². The number of rotatable bonds is 4. The van der Waals surface area contributed by atoms with Crippen molar-refractivity contribution in [3.05, 3.63) is 42.5 Å². The second kappa shape index (κ2) is 6.41. The summed E-state index contributed by atoms with van der Waals surface area (Å²) in [5.74, 6) is 0.654. The lowest BCUT2D eigenvalue weighted by molar-refractivity contribution is 0.112. The van der Waals surface area contributed by atoms with Gasteiger partial charge in [-0.05, 0) is 66.8 Å². The van der Waals surface area contributed by atoms with Crippen LogP contribution in [0.15, 0.2) is 25.6 Å². The molecule has 0 atom stereocenters. The molecule has 2 aromatic rings. The highest BCUT2D eigenvalue weighted by atomic mass is 79.9. The predicted octanol–water partition coefficient (Wildman–Crippen LogP) is 4.41. The Hall–Kier alpha value is -0.660. The van der Waals surface area contributed by atoms with Gasteiger partial charge in [0, 0.05) is 12.6 Å². The highest BCUT2D eigenvalue weighted by Gasteiger charge is 2.14. The number of hydrogen-bond acceptors (Lipinski definition) is 3. The van der Waals surface area contributed by atoms with E-state index in [0.29, 0.717) is 17.9 Å². The fourth-order valence-electron chi connectivity index (χ4n) is 1.76. The molecule has 106 valence electrons. The van der Waals surface area contributed by atoms with E-state index in [1.807, 2.05) is 14.0 Å². The maximum Gasteiger partial charge on any atom is 0.150 e. The summed E-state index contributed by atoms with van der Waals surface area (Å²) in [6, 6.07) is 3.44. The van der Waals surface area contributed by atoms with Crippen LogP contribution < -0.4 is 4.74 Å². The Kier molecular flexibility index (Phi) is 5.04. The van der Waals surface area contributed by atoms with Crippen molar-refractivity contribution in [3.63, 3.8) is 0 Å². The van der Waals surface area contributed by atoms with Gasteiger partial charge in [0.25, 0.3) is 0 Å². The molecular weight excluding hydrogens is 456 g/mol. The van der Waals surface area contributed by atoms with Gasteiger partial charge in [0.15, 0.2) is 0 Å². The van der Waals surface area contributed by atoms with Crippen LogP contribution in [0.5, 0.6) is 5.75 Å². The summed E-state index contributed by atoms with van der Waals surface area (Å²) in [4.78, 5) is 10.8. The molecule has 0 N–H and O–H groups in total. The Bertz CT molecular complexity index is 645. The third-order valence-electron chi connectivity index (χ3n) is 2.77. The minimum Gasteiger partial charge on any atom is -0.485 e. The number of aldehydes is 1. The minimum absolute atomic E-state index is 0.371. The van der Waals surface area contributed by atoms with Crippen LogP contribution in [-0.2, 0) is 13.7 Å². The third kappa shape index (κ3) is 3.15. The van der Waals surface area contributed by atoms with Crippen molar-refractivity contribution in [2.75, 3.05) is 0 Å². The molecule has 0 aliphatic rings. The van der Waals surface area contributed by atoms with Crippen molar-refractivity contribution in [1.29, 1.82) is 0 Å². The van der Waals surface area contributed by atoms with E-state index in [-0.39, 0.29) is 0 Å². The molecular formula is C13H11Br3N2O2. The van der Waals surface area contributed by atoms with E-state index in [0.717, 1.165) is 31.1 Å². The summed E-state index contributed by atoms with van der Waals surface area (Å²) in [6.45, 7) is 2.30. The van der Waals surface area contributed by atoms with Crippen LogP contribution >= 0.6 is 47.8 Å². The molecule has 2 rings (SSSR count). The van der Waals surface area contributed by atoms with E-state index in [1.165, 1.54) is 0 Å². The van der Waals surface area contributed by atoms with Gasteiger partial charge in [-0.25, -0.2) is 0 Å². The standard InChI is InChI=1S/C13H11Br3N2O2/c1-7-12(16)11(18(2)17-7)6-20-13-9(14)3-8(5-19)4-10(13)15/h3-5H,6H2,1-2H3. The van der Waals surface area contributed by atoms with Gasteiger partial charge >= 0.3 is 0 Å². The van der Waals surface area contributed by atoms with Gasteiger partial charge in [0.2, 0.25) is 0 Å². The maximum atomic E-state index is 10.8. The Labute approximate surface area is 141 Å². The average molecular weight is 467 g/mol. The number of hydrogen-bond donors (Lipinski definition) is 0. The first-order valence-electron chi connectivity index (χ1n) is 5.69. The van der Waals surface area contributed by atoms with E-state index in [4.69, 9.17) is 4.74 Å². The molecule has 20 heavy (non-hydrogen) atoms. The fourth-order valence-corrected chi connectivity index (χ4v) is 3.66. The van der Waals surface area contributed by atoms with Crippen LogP contribution in [0.3, 0.4) is 0 Å². The quantitative estimate of drug-likeness (QED) is 0.627. The summed E-state index contributed by atoms with van der Waals surface area (Å²) in [5.41, 5.74) is 2.44. The highest BCUT2D eigenvalue weighted by molar-refractivity contribution is 9.11. The molecule has 0 amide bonds. The molecule has 0 unspecified atom stereocenters. The van der Waals surface area contributed by atoms with Crippen LogP contribution in [0.1, 0.15) is 21.7 Å². The molecule has 0 fully saturated rings. The van der Waals surface area contributed by atoms with Gasteiger partial charge < -0.3 is 4.74 Å². The fraction of sp³-hybridized carbons (Fsp3) is 0.231. The zero-order chi connectivity index (χ0) is 14.9. The number of halogens is 3. The molecule has 1 aromatic heterocycles. The molecule has 1 heterocycles. The SMILES string of the molecule is Cc1nn(C)c(COc2c(Br)cc(C=O)cc2Br)c1Br. The Morgan fingerprint density at radius 1 is 1.30 bits per heavy atom. The van der Waals surface area contributed by atoms with Gasteiger partial charge in [0.05, 0.1) is 24.8 Å². The van der Waals surface area contributed by atoms with Crippen molar-refractivity contribution < 1.29 is 9.53 Å². The molecule has 7 heteroatoms. The molecule has 1 aromatic carbocycles. The second-order valence-electron chi connectivity index (χ2n) is 4.19. The van der Waals surface area contributed by atoms with Crippen LogP contribution in [-0.4, -0.2) is 16.1 Å². The summed E-state index contributed by atoms with van der Waals surface area (Å²) >= 11 is 10.3. The lowest BCUT2D eigenvalue weighted by Gasteiger charge is -2.11. The van der Waals surface area contributed by atoms with Gasteiger partial charge in [-0.3, -0.25) is 9.48 Å². The van der Waals surface area contributed by atoms with Crippen molar-refractivity contribution in [2.24, 2.45) is 7.05 Å². The molecule has 0 aliphatic carbocycles. The smallest absolute Gasteiger partial charge is 0.150 e. The monoisotopic (exact) mass is 464 g/mol. The first-order chi connectivity index (χ1) is 9.43. The largest absolute Gasteiger partial charge is 0.485 e. The summed E-state index contributed by atoms with van der Waals surface area (Å²) in [5, 5.41) is 4.32. The highest BCUT2D eigenvalue weighted by Crippen LogP contribution is 2.35. The second-order valence-corrected chi connectivity index (χ2v) is 6.69. The van der Waals surface area contributed by atoms with E-state index in [2.05, 4.69) is 52.9 Å². The Balaban J connectivity index is 2.25. The van der Waals surface area contributed by atoms with E-state index in [1.54, 1.807) is 16.8 Å². The number of benzene rings is 1. The number of aryl methyl sites for hydroxylation is 2. The third-order valence-corrected chi connectivity index (χ3v) is 4.98. The van der Waals surface area contributed by atoms with Gasteiger partial charge in [0.1, 0.15) is 18.6 Å². The molecule has 0 bridgehead atoms. The first kappa shape index (κ1) is 15.7. The number of carbonyl (C=O) groups excluding carboxylic acids is 1. The van der Waals surface area contributed by atoms with E-state index >= 15 is 0 Å². The molecule has 0 radical (unpaired) electrons. The number of aromatic nitrogens is 2. The van der Waals surface area contributed by atoms with Crippen LogP contribution in [0.2, 0.25) is 0 Å². The van der Waals surface area contributed by atoms with Crippen LogP contribution in [0.4, 0.5) is 0 Å². The maximum absolute atomic E-state index is 10.8. The van der Waals surface area contributed by atoms with E-state index < -0.39 is 0 Å². The summed E-state index contributed by atoms with van der Waals surface area (Å²) in [7, 11) is 1.87. The van der Waals surface area contributed by atoms with Crippen LogP contribution in [0.25, 0.3) is 0 Å². The molecule has 0 saturated heterocycles. The number of carbonyl (C=O) groups is 1. The minimum atomic E-state index is 0.371. The Morgan fingerprint density at radius 3 is 2.35 bits per heavy atom. The van der Waals surface area contributed by atoms with Crippen molar-refractivity contribution in [1.82, 2.24) is 9.78 Å². The van der Waals surface area contributed by atoms with Crippen molar-refractivity contribution >= 4 is 54.1 Å².